The second-order valence-electron chi connectivity index (χ2n) is 8.66. The first kappa shape index (κ1) is 25.0. The summed E-state index contributed by atoms with van der Waals surface area (Å²) in [6.45, 7) is 0.611. The number of benzene rings is 1. The smallest absolute Gasteiger partial charge is 0.391 e. The van der Waals surface area contributed by atoms with Crippen molar-refractivity contribution in [2.45, 2.75) is 61.8 Å². The van der Waals surface area contributed by atoms with E-state index in [1.165, 1.54) is 21.9 Å². The van der Waals surface area contributed by atoms with Crippen LogP contribution in [0, 0.1) is 5.92 Å². The third-order valence-corrected chi connectivity index (χ3v) is 8.48. The fourth-order valence-corrected chi connectivity index (χ4v) is 6.38. The molecule has 1 amide bonds. The Labute approximate surface area is 195 Å². The van der Waals surface area contributed by atoms with E-state index in [4.69, 9.17) is 19.4 Å². The third-order valence-electron chi connectivity index (χ3n) is 6.54. The molecule has 2 aliphatic heterocycles. The number of nitrogens with zero attached hydrogens (tertiary/aromatic N) is 1. The van der Waals surface area contributed by atoms with Gasteiger partial charge in [-0.05, 0) is 50.7 Å². The van der Waals surface area contributed by atoms with Crippen LogP contribution in [0.4, 0.5) is 13.2 Å². The number of nitrogens with one attached hydrogen (secondary N) is 1. The van der Waals surface area contributed by atoms with Crippen molar-refractivity contribution in [1.82, 2.24) is 9.79 Å². The molecule has 2 heterocycles. The predicted molar refractivity (Wildman–Crippen MR) is 111 cm³/mol. The number of sulfonamides is 1. The van der Waals surface area contributed by atoms with Crippen molar-refractivity contribution in [3.8, 4) is 11.5 Å². The highest BCUT2D eigenvalue weighted by atomic mass is 32.2. The highest BCUT2D eigenvalue weighted by Crippen LogP contribution is 2.40. The van der Waals surface area contributed by atoms with Crippen molar-refractivity contribution in [2.75, 3.05) is 26.3 Å². The number of fused-ring (bicyclic) bond motifs is 1. The lowest BCUT2D eigenvalue weighted by atomic mass is 9.87. The number of carbonyl (C=O) groups is 1. The maximum Gasteiger partial charge on any atom is 0.391 e. The quantitative estimate of drug-likeness (QED) is 0.464. The molecule has 1 aromatic rings. The van der Waals surface area contributed by atoms with Gasteiger partial charge in [0.1, 0.15) is 18.8 Å². The molecule has 0 bridgehead atoms. The monoisotopic (exact) mass is 508 g/mol. The lowest BCUT2D eigenvalue weighted by Gasteiger charge is -2.36. The molecule has 1 aromatic carbocycles. The average Bonchev–Trinajstić information content (AvgIpc) is 2.83. The zero-order valence-electron chi connectivity index (χ0n) is 18.3. The molecular weight excluding hydrogens is 481 g/mol. The Morgan fingerprint density at radius 2 is 1.65 bits per heavy atom. The minimum atomic E-state index is -4.18. The predicted octanol–water partition coefficient (Wildman–Crippen LogP) is 2.87. The number of halogens is 3. The van der Waals surface area contributed by atoms with Gasteiger partial charge in [0.2, 0.25) is 10.0 Å². The van der Waals surface area contributed by atoms with Crippen LogP contribution in [-0.2, 0) is 14.8 Å². The molecule has 2 N–H and O–H groups in total. The number of hydrogen-bond acceptors (Lipinski definition) is 7. The van der Waals surface area contributed by atoms with Crippen molar-refractivity contribution >= 4 is 15.9 Å². The second kappa shape index (κ2) is 9.88. The summed E-state index contributed by atoms with van der Waals surface area (Å²) < 4.78 is 83.4. The van der Waals surface area contributed by atoms with Gasteiger partial charge in [-0.3, -0.25) is 10.0 Å². The van der Waals surface area contributed by atoms with E-state index in [0.29, 0.717) is 25.7 Å². The van der Waals surface area contributed by atoms with E-state index < -0.39 is 28.0 Å². The summed E-state index contributed by atoms with van der Waals surface area (Å²) in [4.78, 5) is 12.0. The first-order chi connectivity index (χ1) is 16.1. The van der Waals surface area contributed by atoms with E-state index >= 15 is 0 Å². The zero-order valence-corrected chi connectivity index (χ0v) is 19.2. The van der Waals surface area contributed by atoms with Gasteiger partial charge in [-0.1, -0.05) is 0 Å². The van der Waals surface area contributed by atoms with E-state index in [1.54, 1.807) is 0 Å². The SMILES string of the molecule is O=C(NO)c1c(S(=O)(=O)N2CCC(OC3CCC(C(F)(F)F)CC3)CC2)ccc2c1OCCO2. The third kappa shape index (κ3) is 5.11. The summed E-state index contributed by atoms with van der Waals surface area (Å²) in [6.07, 6.45) is -3.18. The Kier molecular flexibility index (Phi) is 7.27. The molecule has 0 spiro atoms. The Morgan fingerprint density at radius 3 is 2.26 bits per heavy atom. The molecule has 190 valence electrons. The fraction of sp³-hybridized carbons (Fsp3) is 0.667. The van der Waals surface area contributed by atoms with Crippen LogP contribution in [0.3, 0.4) is 0 Å². The molecule has 0 unspecified atom stereocenters. The molecule has 0 atom stereocenters. The summed E-state index contributed by atoms with van der Waals surface area (Å²) >= 11 is 0. The molecule has 4 rings (SSSR count). The minimum absolute atomic E-state index is 0.0429. The minimum Gasteiger partial charge on any atom is -0.486 e. The van der Waals surface area contributed by atoms with Gasteiger partial charge in [-0.2, -0.15) is 17.5 Å². The van der Waals surface area contributed by atoms with Gasteiger partial charge in [0, 0.05) is 13.1 Å². The van der Waals surface area contributed by atoms with Gasteiger partial charge >= 0.3 is 6.18 Å². The van der Waals surface area contributed by atoms with Gasteiger partial charge in [-0.15, -0.1) is 0 Å². The number of amides is 1. The van der Waals surface area contributed by atoms with Crippen LogP contribution < -0.4 is 15.0 Å². The number of rotatable bonds is 5. The number of piperidine rings is 1. The molecule has 13 heteroatoms. The van der Waals surface area contributed by atoms with Crippen LogP contribution >= 0.6 is 0 Å². The van der Waals surface area contributed by atoms with Crippen LogP contribution in [0.15, 0.2) is 17.0 Å². The van der Waals surface area contributed by atoms with Crippen molar-refractivity contribution in [3.63, 3.8) is 0 Å². The van der Waals surface area contributed by atoms with Crippen molar-refractivity contribution < 1.29 is 45.8 Å². The van der Waals surface area contributed by atoms with Crippen LogP contribution in [-0.4, -0.2) is 68.5 Å². The lowest BCUT2D eigenvalue weighted by Crippen LogP contribution is -2.43. The number of hydroxylamine groups is 1. The topological polar surface area (TPSA) is 114 Å². The average molecular weight is 509 g/mol. The van der Waals surface area contributed by atoms with E-state index in [9.17, 15) is 26.4 Å². The molecule has 0 aromatic heterocycles. The first-order valence-corrected chi connectivity index (χ1v) is 12.6. The van der Waals surface area contributed by atoms with Gasteiger partial charge in [0.25, 0.3) is 5.91 Å². The first-order valence-electron chi connectivity index (χ1n) is 11.2. The lowest BCUT2D eigenvalue weighted by molar-refractivity contribution is -0.189. The molecule has 1 saturated heterocycles. The molecule has 34 heavy (non-hydrogen) atoms. The second-order valence-corrected chi connectivity index (χ2v) is 10.6. The van der Waals surface area contributed by atoms with Gasteiger partial charge in [0.15, 0.2) is 11.5 Å². The maximum atomic E-state index is 13.4. The number of carbonyl (C=O) groups excluding carboxylic acids is 1. The number of alkyl halides is 3. The Morgan fingerprint density at radius 1 is 1.03 bits per heavy atom. The van der Waals surface area contributed by atoms with E-state index in [2.05, 4.69) is 0 Å². The van der Waals surface area contributed by atoms with Gasteiger partial charge < -0.3 is 14.2 Å². The van der Waals surface area contributed by atoms with Crippen molar-refractivity contribution in [3.05, 3.63) is 17.7 Å². The molecule has 0 radical (unpaired) electrons. The number of hydrogen-bond donors (Lipinski definition) is 2. The van der Waals surface area contributed by atoms with Crippen molar-refractivity contribution in [1.29, 1.82) is 0 Å². The highest BCUT2D eigenvalue weighted by Gasteiger charge is 2.42. The largest absolute Gasteiger partial charge is 0.486 e. The maximum absolute atomic E-state index is 13.4. The molecule has 2 fully saturated rings. The van der Waals surface area contributed by atoms with E-state index in [1.807, 2.05) is 0 Å². The summed E-state index contributed by atoms with van der Waals surface area (Å²) in [5.74, 6) is -2.16. The summed E-state index contributed by atoms with van der Waals surface area (Å²) in [7, 11) is -4.12. The van der Waals surface area contributed by atoms with E-state index in [-0.39, 0.29) is 73.3 Å². The Balaban J connectivity index is 1.41. The summed E-state index contributed by atoms with van der Waals surface area (Å²) in [5.41, 5.74) is 1.13. The number of ether oxygens (including phenoxy) is 3. The Hall–Kier alpha value is -2.09. The van der Waals surface area contributed by atoms with Gasteiger partial charge in [-0.25, -0.2) is 13.9 Å². The molecule has 9 nitrogen and oxygen atoms in total. The zero-order chi connectivity index (χ0) is 24.5. The molecule has 1 aliphatic carbocycles. The van der Waals surface area contributed by atoms with Crippen LogP contribution in [0.2, 0.25) is 0 Å². The van der Waals surface area contributed by atoms with Gasteiger partial charge in [0.05, 0.1) is 23.0 Å². The normalized spacial score (nSPS) is 24.6. The molecule has 1 saturated carbocycles. The Bertz CT molecular complexity index is 1000. The van der Waals surface area contributed by atoms with Crippen molar-refractivity contribution in [2.24, 2.45) is 5.92 Å². The molecular formula is C21H27F3N2O7S. The summed E-state index contributed by atoms with van der Waals surface area (Å²) in [6, 6.07) is 2.65. The summed E-state index contributed by atoms with van der Waals surface area (Å²) in [5, 5.41) is 9.16. The van der Waals surface area contributed by atoms with Crippen LogP contribution in [0.1, 0.15) is 48.9 Å². The van der Waals surface area contributed by atoms with Crippen LogP contribution in [0.25, 0.3) is 0 Å². The molecule has 3 aliphatic rings. The van der Waals surface area contributed by atoms with Crippen LogP contribution in [0.5, 0.6) is 11.5 Å². The standard InChI is InChI=1S/C21H27F3N2O7S/c22-21(23,24)13-1-3-14(4-2-13)33-15-7-9-26(10-8-15)34(29,30)17-6-5-16-19(32-12-11-31-16)18(17)20(27)25-28/h5-6,13-15,28H,1-4,7-12H2,(H,25,27). The van der Waals surface area contributed by atoms with E-state index in [0.717, 1.165) is 0 Å². The highest BCUT2D eigenvalue weighted by molar-refractivity contribution is 7.89. The fourth-order valence-electron chi connectivity index (χ4n) is 4.73.